The van der Waals surface area contributed by atoms with Gasteiger partial charge in [0.05, 0.1) is 5.01 Å². The minimum atomic E-state index is 0.364. The van der Waals surface area contributed by atoms with Crippen molar-refractivity contribution >= 4 is 11.3 Å². The van der Waals surface area contributed by atoms with Crippen molar-refractivity contribution in [3.05, 3.63) is 52.0 Å². The molecule has 22 heavy (non-hydrogen) atoms. The number of likely N-dealkylation sites (tertiary alicyclic amines) is 1. The smallest absolute Gasteiger partial charge is 0.0987 e. The Morgan fingerprint density at radius 3 is 2.82 bits per heavy atom. The molecule has 2 unspecified atom stereocenters. The lowest BCUT2D eigenvalue weighted by Gasteiger charge is -2.39. The van der Waals surface area contributed by atoms with E-state index in [9.17, 15) is 0 Å². The van der Waals surface area contributed by atoms with Crippen LogP contribution < -0.4 is 5.73 Å². The summed E-state index contributed by atoms with van der Waals surface area (Å²) in [5, 5.41) is 3.35. The first-order valence-corrected chi connectivity index (χ1v) is 9.06. The van der Waals surface area contributed by atoms with Gasteiger partial charge in [0.2, 0.25) is 0 Å². The average molecular weight is 315 g/mol. The number of thiazole rings is 1. The highest BCUT2D eigenvalue weighted by Crippen LogP contribution is 2.32. The Bertz CT molecular complexity index is 581. The largest absolute Gasteiger partial charge is 0.330 e. The Morgan fingerprint density at radius 1 is 1.32 bits per heavy atom. The Hall–Kier alpha value is -1.23. The second-order valence-electron chi connectivity index (χ2n) is 6.19. The number of nitrogens with two attached hydrogens (primary N) is 1. The minimum Gasteiger partial charge on any atom is -0.330 e. The third-order valence-electron chi connectivity index (χ3n) is 4.57. The summed E-state index contributed by atoms with van der Waals surface area (Å²) in [4.78, 5) is 7.33. The molecular weight excluding hydrogens is 290 g/mol. The molecule has 3 rings (SSSR count). The van der Waals surface area contributed by atoms with Crippen LogP contribution in [0.2, 0.25) is 0 Å². The van der Waals surface area contributed by atoms with Crippen molar-refractivity contribution in [3.63, 3.8) is 0 Å². The van der Waals surface area contributed by atoms with Gasteiger partial charge in [-0.05, 0) is 31.9 Å². The molecule has 0 spiro atoms. The number of aryl methyl sites for hydroxylation is 1. The molecule has 1 fully saturated rings. The van der Waals surface area contributed by atoms with Crippen LogP contribution in [-0.2, 0) is 6.54 Å². The monoisotopic (exact) mass is 315 g/mol. The second-order valence-corrected chi connectivity index (χ2v) is 7.08. The van der Waals surface area contributed by atoms with Crippen LogP contribution in [0.5, 0.6) is 0 Å². The van der Waals surface area contributed by atoms with Crippen molar-refractivity contribution < 1.29 is 0 Å². The number of piperidine rings is 1. The molecule has 2 atom stereocenters. The summed E-state index contributed by atoms with van der Waals surface area (Å²) >= 11 is 1.77. The number of aromatic nitrogens is 1. The maximum absolute atomic E-state index is 6.14. The highest BCUT2D eigenvalue weighted by Gasteiger charge is 2.31. The summed E-state index contributed by atoms with van der Waals surface area (Å²) in [6, 6.07) is 11.3. The zero-order chi connectivity index (χ0) is 15.4. The molecule has 1 aliphatic rings. The lowest BCUT2D eigenvalue weighted by molar-refractivity contribution is 0.119. The topological polar surface area (TPSA) is 42.1 Å². The molecule has 4 heteroatoms. The van der Waals surface area contributed by atoms with E-state index in [0.29, 0.717) is 18.5 Å². The van der Waals surface area contributed by atoms with Gasteiger partial charge in [-0.2, -0.15) is 0 Å². The summed E-state index contributed by atoms with van der Waals surface area (Å²) in [5.41, 5.74) is 8.64. The van der Waals surface area contributed by atoms with Crippen molar-refractivity contribution in [2.75, 3.05) is 13.1 Å². The van der Waals surface area contributed by atoms with Gasteiger partial charge in [-0.1, -0.05) is 36.8 Å². The van der Waals surface area contributed by atoms with E-state index in [4.69, 9.17) is 10.7 Å². The van der Waals surface area contributed by atoms with Gasteiger partial charge < -0.3 is 5.73 Å². The Morgan fingerprint density at radius 2 is 2.14 bits per heavy atom. The maximum Gasteiger partial charge on any atom is 0.0987 e. The molecule has 1 saturated heterocycles. The second kappa shape index (κ2) is 7.36. The molecule has 118 valence electrons. The minimum absolute atomic E-state index is 0.364. The van der Waals surface area contributed by atoms with Crippen LogP contribution in [0.1, 0.15) is 41.4 Å². The summed E-state index contributed by atoms with van der Waals surface area (Å²) in [7, 11) is 0. The van der Waals surface area contributed by atoms with Gasteiger partial charge in [-0.3, -0.25) is 4.90 Å². The van der Waals surface area contributed by atoms with Crippen LogP contribution in [0.15, 0.2) is 35.7 Å². The van der Waals surface area contributed by atoms with Gasteiger partial charge in [0, 0.05) is 36.1 Å². The van der Waals surface area contributed by atoms with Crippen LogP contribution in [0, 0.1) is 6.92 Å². The molecule has 0 saturated carbocycles. The van der Waals surface area contributed by atoms with Crippen molar-refractivity contribution in [1.29, 1.82) is 0 Å². The number of hydrogen-bond acceptors (Lipinski definition) is 4. The van der Waals surface area contributed by atoms with Crippen molar-refractivity contribution in [2.24, 2.45) is 5.73 Å². The zero-order valence-corrected chi connectivity index (χ0v) is 14.1. The van der Waals surface area contributed by atoms with Gasteiger partial charge in [0.25, 0.3) is 0 Å². The first-order chi connectivity index (χ1) is 10.8. The normalized spacial score (nSPS) is 20.9. The van der Waals surface area contributed by atoms with E-state index in [1.807, 2.05) is 0 Å². The molecule has 1 aliphatic heterocycles. The quantitative estimate of drug-likeness (QED) is 0.917. The van der Waals surface area contributed by atoms with Crippen molar-refractivity contribution in [3.8, 4) is 0 Å². The van der Waals surface area contributed by atoms with Crippen molar-refractivity contribution in [1.82, 2.24) is 9.88 Å². The van der Waals surface area contributed by atoms with Crippen LogP contribution in [0.3, 0.4) is 0 Å². The lowest BCUT2D eigenvalue weighted by Crippen LogP contribution is -2.44. The van der Waals surface area contributed by atoms with Gasteiger partial charge in [-0.15, -0.1) is 11.3 Å². The highest BCUT2D eigenvalue weighted by atomic mass is 32.1. The SMILES string of the molecule is Cc1csc(C(CN)C2CCCCN2Cc2ccccc2)n1. The van der Waals surface area contributed by atoms with E-state index >= 15 is 0 Å². The molecule has 2 heterocycles. The Labute approximate surface area is 137 Å². The van der Waals surface area contributed by atoms with Crippen LogP contribution >= 0.6 is 11.3 Å². The van der Waals surface area contributed by atoms with Gasteiger partial charge in [0.15, 0.2) is 0 Å². The molecule has 1 aromatic heterocycles. The van der Waals surface area contributed by atoms with Crippen molar-refractivity contribution in [2.45, 2.75) is 44.7 Å². The van der Waals surface area contributed by atoms with E-state index in [2.05, 4.69) is 47.5 Å². The van der Waals surface area contributed by atoms with Gasteiger partial charge >= 0.3 is 0 Å². The first-order valence-electron chi connectivity index (χ1n) is 8.18. The maximum atomic E-state index is 6.14. The number of hydrogen-bond donors (Lipinski definition) is 1. The van der Waals surface area contributed by atoms with Crippen LogP contribution in [0.25, 0.3) is 0 Å². The average Bonchev–Trinajstić information content (AvgIpc) is 2.97. The van der Waals surface area contributed by atoms with E-state index in [1.165, 1.54) is 36.4 Å². The number of rotatable bonds is 5. The summed E-state index contributed by atoms with van der Waals surface area (Å²) < 4.78 is 0. The predicted molar refractivity (Wildman–Crippen MR) is 93.1 cm³/mol. The first kappa shape index (κ1) is 15.7. The molecule has 0 amide bonds. The molecule has 2 aromatic rings. The van der Waals surface area contributed by atoms with Crippen LogP contribution in [0.4, 0.5) is 0 Å². The number of nitrogens with zero attached hydrogens (tertiary/aromatic N) is 2. The Balaban J connectivity index is 1.79. The van der Waals surface area contributed by atoms with Gasteiger partial charge in [0.1, 0.15) is 0 Å². The summed E-state index contributed by atoms with van der Waals surface area (Å²) in [5.74, 6) is 0.364. The fourth-order valence-corrected chi connectivity index (χ4v) is 4.42. The molecule has 0 bridgehead atoms. The zero-order valence-electron chi connectivity index (χ0n) is 13.2. The highest BCUT2D eigenvalue weighted by molar-refractivity contribution is 7.09. The fourth-order valence-electron chi connectivity index (χ4n) is 3.45. The predicted octanol–water partition coefficient (Wildman–Crippen LogP) is 3.55. The van der Waals surface area contributed by atoms with E-state index in [0.717, 1.165) is 12.2 Å². The third-order valence-corrected chi connectivity index (χ3v) is 5.66. The molecule has 2 N–H and O–H groups in total. The summed E-state index contributed by atoms with van der Waals surface area (Å²) in [6.45, 7) is 4.94. The molecule has 0 radical (unpaired) electrons. The fraction of sp³-hybridized carbons (Fsp3) is 0.500. The third kappa shape index (κ3) is 3.57. The number of benzene rings is 1. The molecular formula is C18H25N3S. The van der Waals surface area contributed by atoms with Gasteiger partial charge in [-0.25, -0.2) is 4.98 Å². The Kier molecular flexibility index (Phi) is 5.24. The van der Waals surface area contributed by atoms with E-state index in [-0.39, 0.29) is 0 Å². The van der Waals surface area contributed by atoms with E-state index in [1.54, 1.807) is 11.3 Å². The lowest BCUT2D eigenvalue weighted by atomic mass is 9.90. The van der Waals surface area contributed by atoms with E-state index < -0.39 is 0 Å². The standard InChI is InChI=1S/C18H25N3S/c1-14-13-22-18(20-14)16(11-19)17-9-5-6-10-21(17)12-15-7-3-2-4-8-15/h2-4,7-8,13,16-17H,5-6,9-12,19H2,1H3. The summed E-state index contributed by atoms with van der Waals surface area (Å²) in [6.07, 6.45) is 3.82. The molecule has 3 nitrogen and oxygen atoms in total. The van der Waals surface area contributed by atoms with Crippen LogP contribution in [-0.4, -0.2) is 29.0 Å². The molecule has 0 aliphatic carbocycles. The molecule has 1 aromatic carbocycles.